The third kappa shape index (κ3) is 2.90. The molecule has 0 spiro atoms. The highest BCUT2D eigenvalue weighted by molar-refractivity contribution is 9.10. The van der Waals surface area contributed by atoms with Gasteiger partial charge < -0.3 is 8.98 Å². The average molecular weight is 462 g/mol. The molecule has 0 atom stereocenters. The van der Waals surface area contributed by atoms with Crippen molar-refractivity contribution in [3.05, 3.63) is 97.7 Å². The highest BCUT2D eigenvalue weighted by Crippen LogP contribution is 2.24. The lowest BCUT2D eigenvalue weighted by molar-refractivity contribution is 0.490. The molecule has 5 aromatic rings. The van der Waals surface area contributed by atoms with Gasteiger partial charge in [-0.15, -0.1) is 0 Å². The number of rotatable bonds is 3. The number of hydrogen-bond acceptors (Lipinski definition) is 4. The number of furan rings is 1. The second kappa shape index (κ2) is 7.11. The van der Waals surface area contributed by atoms with Gasteiger partial charge in [-0.05, 0) is 36.4 Å². The molecule has 0 radical (unpaired) electrons. The minimum atomic E-state index is -0.391. The van der Waals surface area contributed by atoms with E-state index in [1.54, 1.807) is 35.1 Å². The lowest BCUT2D eigenvalue weighted by Gasteiger charge is -2.15. The molecule has 0 N–H and O–H groups in total. The van der Waals surface area contributed by atoms with Gasteiger partial charge in [-0.1, -0.05) is 40.2 Å². The maximum absolute atomic E-state index is 13.6. The molecule has 0 saturated heterocycles. The highest BCUT2D eigenvalue weighted by atomic mass is 79.9. The molecule has 3 heterocycles. The van der Waals surface area contributed by atoms with E-state index in [2.05, 4.69) is 15.9 Å². The van der Waals surface area contributed by atoms with Crippen LogP contribution in [0.4, 0.5) is 0 Å². The summed E-state index contributed by atoms with van der Waals surface area (Å²) in [7, 11) is 1.82. The Bertz CT molecular complexity index is 1530. The molecule has 3 aromatic heterocycles. The van der Waals surface area contributed by atoms with Gasteiger partial charge in [-0.3, -0.25) is 14.2 Å². The van der Waals surface area contributed by atoms with E-state index >= 15 is 0 Å². The number of hydrogen-bond donors (Lipinski definition) is 0. The zero-order valence-corrected chi connectivity index (χ0v) is 17.6. The van der Waals surface area contributed by atoms with Gasteiger partial charge in [0.15, 0.2) is 5.65 Å². The van der Waals surface area contributed by atoms with Crippen LogP contribution in [-0.2, 0) is 13.6 Å². The van der Waals surface area contributed by atoms with Gasteiger partial charge in [0.1, 0.15) is 17.0 Å². The fourth-order valence-corrected chi connectivity index (χ4v) is 4.14. The van der Waals surface area contributed by atoms with Gasteiger partial charge in [0, 0.05) is 22.5 Å². The van der Waals surface area contributed by atoms with Gasteiger partial charge in [-0.2, -0.15) is 0 Å². The number of nitrogens with zero attached hydrogens (tertiary/aromatic N) is 3. The Morgan fingerprint density at radius 1 is 1.03 bits per heavy atom. The fraction of sp³-hybridized carbons (Fsp3) is 0.0870. The molecule has 0 unspecified atom stereocenters. The minimum Gasteiger partial charge on any atom is -0.467 e. The predicted molar refractivity (Wildman–Crippen MR) is 120 cm³/mol. The molecule has 0 aliphatic heterocycles. The molecular formula is C23H16BrN3O3. The van der Waals surface area contributed by atoms with E-state index in [-0.39, 0.29) is 17.4 Å². The fourth-order valence-electron chi connectivity index (χ4n) is 3.74. The number of para-hydroxylation sites is 1. The number of benzene rings is 2. The lowest BCUT2D eigenvalue weighted by Crippen LogP contribution is -2.29. The summed E-state index contributed by atoms with van der Waals surface area (Å²) in [4.78, 5) is 31.6. The van der Waals surface area contributed by atoms with Crippen molar-refractivity contribution in [3.63, 3.8) is 0 Å². The second-order valence-corrected chi connectivity index (χ2v) is 7.94. The quantitative estimate of drug-likeness (QED) is 0.375. The average Bonchev–Trinajstić information content (AvgIpc) is 3.26. The minimum absolute atomic E-state index is 0.0708. The van der Waals surface area contributed by atoms with Crippen LogP contribution in [0.25, 0.3) is 33.3 Å². The van der Waals surface area contributed by atoms with Crippen LogP contribution < -0.4 is 11.0 Å². The molecule has 0 fully saturated rings. The maximum atomic E-state index is 13.6. The number of fused-ring (bicyclic) bond motifs is 2. The first-order chi connectivity index (χ1) is 14.5. The SMILES string of the molecule is Cn1c2ccccc2c(=O)c2c(=O)n(Cc3ccco3)c(-c3cccc(Br)c3)nc21. The molecule has 30 heavy (non-hydrogen) atoms. The summed E-state index contributed by atoms with van der Waals surface area (Å²) in [6, 6.07) is 18.4. The van der Waals surface area contributed by atoms with Crippen LogP contribution in [-0.4, -0.2) is 14.1 Å². The number of aromatic nitrogens is 3. The number of halogens is 1. The van der Waals surface area contributed by atoms with Crippen molar-refractivity contribution in [1.82, 2.24) is 14.1 Å². The molecule has 0 saturated carbocycles. The van der Waals surface area contributed by atoms with E-state index in [0.717, 1.165) is 15.6 Å². The standard InChI is InChI=1S/C23H16BrN3O3/c1-26-18-10-3-2-9-17(18)20(28)19-22(26)25-21(14-6-4-7-15(24)12-14)27(23(19)29)13-16-8-5-11-30-16/h2-12H,13H2,1H3. The Morgan fingerprint density at radius 3 is 2.63 bits per heavy atom. The van der Waals surface area contributed by atoms with Crippen molar-refractivity contribution >= 4 is 37.9 Å². The first-order valence-corrected chi connectivity index (χ1v) is 10.1. The predicted octanol–water partition coefficient (Wildman–Crippen LogP) is 4.32. The zero-order valence-electron chi connectivity index (χ0n) is 16.0. The lowest BCUT2D eigenvalue weighted by atomic mass is 10.1. The van der Waals surface area contributed by atoms with Gasteiger partial charge in [0.25, 0.3) is 5.56 Å². The van der Waals surface area contributed by atoms with Crippen LogP contribution in [0.1, 0.15) is 5.76 Å². The summed E-state index contributed by atoms with van der Waals surface area (Å²) in [6.07, 6.45) is 1.56. The summed E-state index contributed by atoms with van der Waals surface area (Å²) in [6.45, 7) is 0.173. The molecule has 0 amide bonds. The normalized spacial score (nSPS) is 11.4. The van der Waals surface area contributed by atoms with Crippen molar-refractivity contribution in [2.75, 3.05) is 0 Å². The van der Waals surface area contributed by atoms with Crippen molar-refractivity contribution in [1.29, 1.82) is 0 Å². The van der Waals surface area contributed by atoms with Crippen LogP contribution >= 0.6 is 15.9 Å². The Labute approximate surface area is 179 Å². The Balaban J connectivity index is 1.94. The van der Waals surface area contributed by atoms with Crippen molar-refractivity contribution in [3.8, 4) is 11.4 Å². The van der Waals surface area contributed by atoms with E-state index in [1.165, 1.54) is 4.57 Å². The second-order valence-electron chi connectivity index (χ2n) is 7.02. The van der Waals surface area contributed by atoms with Gasteiger partial charge in [-0.25, -0.2) is 4.98 Å². The third-order valence-corrected chi connectivity index (χ3v) is 5.68. The van der Waals surface area contributed by atoms with Crippen molar-refractivity contribution < 1.29 is 4.42 Å². The van der Waals surface area contributed by atoms with Crippen LogP contribution in [0.15, 0.2) is 85.4 Å². The van der Waals surface area contributed by atoms with Crippen molar-refractivity contribution in [2.24, 2.45) is 7.05 Å². The van der Waals surface area contributed by atoms with Crippen LogP contribution in [0.2, 0.25) is 0 Å². The molecule has 7 heteroatoms. The van der Waals surface area contributed by atoms with Gasteiger partial charge in [0.05, 0.1) is 18.3 Å². The molecule has 6 nitrogen and oxygen atoms in total. The van der Waals surface area contributed by atoms with Crippen LogP contribution in [0, 0.1) is 0 Å². The van der Waals surface area contributed by atoms with Gasteiger partial charge >= 0.3 is 0 Å². The molecule has 0 aliphatic carbocycles. The van der Waals surface area contributed by atoms with E-state index in [0.29, 0.717) is 22.6 Å². The van der Waals surface area contributed by atoms with Crippen LogP contribution in [0.5, 0.6) is 0 Å². The molecule has 5 rings (SSSR count). The van der Waals surface area contributed by atoms with Gasteiger partial charge in [0.2, 0.25) is 5.43 Å². The third-order valence-electron chi connectivity index (χ3n) is 5.18. The zero-order chi connectivity index (χ0) is 20.8. The number of aryl methyl sites for hydroxylation is 1. The summed E-state index contributed by atoms with van der Waals surface area (Å²) in [5.74, 6) is 1.07. The Morgan fingerprint density at radius 2 is 1.87 bits per heavy atom. The van der Waals surface area contributed by atoms with Crippen molar-refractivity contribution in [2.45, 2.75) is 6.54 Å². The Hall–Kier alpha value is -3.45. The topological polar surface area (TPSA) is 70.0 Å². The monoisotopic (exact) mass is 461 g/mol. The largest absolute Gasteiger partial charge is 0.467 e. The smallest absolute Gasteiger partial charge is 0.267 e. The summed E-state index contributed by atoms with van der Waals surface area (Å²) in [5, 5.41) is 0.563. The molecule has 0 aliphatic rings. The van der Waals surface area contributed by atoms with E-state index in [4.69, 9.17) is 9.40 Å². The van der Waals surface area contributed by atoms with E-state index in [1.807, 2.05) is 43.4 Å². The molecule has 148 valence electrons. The first kappa shape index (κ1) is 18.6. The first-order valence-electron chi connectivity index (χ1n) is 9.35. The molecular weight excluding hydrogens is 446 g/mol. The Kier molecular flexibility index (Phi) is 4.40. The summed E-state index contributed by atoms with van der Waals surface area (Å²) >= 11 is 3.48. The summed E-state index contributed by atoms with van der Waals surface area (Å²) in [5.41, 5.74) is 1.14. The molecule has 2 aromatic carbocycles. The maximum Gasteiger partial charge on any atom is 0.267 e. The van der Waals surface area contributed by atoms with E-state index < -0.39 is 5.56 Å². The van der Waals surface area contributed by atoms with E-state index in [9.17, 15) is 9.59 Å². The highest BCUT2D eigenvalue weighted by Gasteiger charge is 2.20. The molecule has 0 bridgehead atoms. The number of pyridine rings is 1. The summed E-state index contributed by atoms with van der Waals surface area (Å²) < 4.78 is 9.63. The van der Waals surface area contributed by atoms with Crippen LogP contribution in [0.3, 0.4) is 0 Å².